The van der Waals surface area contributed by atoms with Crippen molar-refractivity contribution in [1.29, 1.82) is 0 Å². The van der Waals surface area contributed by atoms with E-state index in [1.54, 1.807) is 0 Å². The van der Waals surface area contributed by atoms with Gasteiger partial charge in [0.05, 0.1) is 12.0 Å². The highest BCUT2D eigenvalue weighted by molar-refractivity contribution is 5.92. The second-order valence-electron chi connectivity index (χ2n) is 3.98. The molecule has 0 radical (unpaired) electrons. The second kappa shape index (κ2) is 2.84. The summed E-state index contributed by atoms with van der Waals surface area (Å²) in [6.07, 6.45) is 2.38. The molecule has 72 valence electrons. The summed E-state index contributed by atoms with van der Waals surface area (Å²) in [7, 11) is 0. The van der Waals surface area contributed by atoms with Gasteiger partial charge in [-0.1, -0.05) is 30.3 Å². The zero-order valence-corrected chi connectivity index (χ0v) is 8.07. The van der Waals surface area contributed by atoms with Crippen LogP contribution in [0.5, 0.6) is 0 Å². The lowest BCUT2D eigenvalue weighted by atomic mass is 9.96. The van der Waals surface area contributed by atoms with E-state index in [2.05, 4.69) is 35.3 Å². The van der Waals surface area contributed by atoms with Crippen molar-refractivity contribution < 1.29 is 4.74 Å². The lowest BCUT2D eigenvalue weighted by Crippen LogP contribution is -2.20. The van der Waals surface area contributed by atoms with E-state index in [0.717, 1.165) is 19.0 Å². The van der Waals surface area contributed by atoms with Crippen molar-refractivity contribution in [1.82, 2.24) is 0 Å². The van der Waals surface area contributed by atoms with Gasteiger partial charge in [-0.05, 0) is 18.4 Å². The van der Waals surface area contributed by atoms with Crippen LogP contribution in [0.15, 0.2) is 35.3 Å². The SMILES string of the molecule is c1ccc(C2(C3=NCCO3)CC2)cc1. The predicted molar refractivity (Wildman–Crippen MR) is 55.6 cm³/mol. The molecule has 0 unspecified atom stereocenters. The molecule has 3 rings (SSSR count). The Morgan fingerprint density at radius 3 is 2.50 bits per heavy atom. The molecule has 1 aromatic carbocycles. The molecule has 0 saturated heterocycles. The minimum atomic E-state index is 0.151. The molecule has 2 nitrogen and oxygen atoms in total. The summed E-state index contributed by atoms with van der Waals surface area (Å²) in [5.74, 6) is 0.976. The molecule has 14 heavy (non-hydrogen) atoms. The summed E-state index contributed by atoms with van der Waals surface area (Å²) >= 11 is 0. The highest BCUT2D eigenvalue weighted by atomic mass is 16.5. The van der Waals surface area contributed by atoms with Crippen LogP contribution in [0.3, 0.4) is 0 Å². The summed E-state index contributed by atoms with van der Waals surface area (Å²) in [4.78, 5) is 4.44. The van der Waals surface area contributed by atoms with Gasteiger partial charge in [-0.25, -0.2) is 0 Å². The Hall–Kier alpha value is -1.31. The molecule has 1 aliphatic carbocycles. The van der Waals surface area contributed by atoms with Gasteiger partial charge in [0.25, 0.3) is 0 Å². The van der Waals surface area contributed by atoms with Crippen LogP contribution in [-0.4, -0.2) is 19.0 Å². The molecule has 0 aromatic heterocycles. The van der Waals surface area contributed by atoms with Crippen molar-refractivity contribution in [2.45, 2.75) is 18.3 Å². The fourth-order valence-corrected chi connectivity index (χ4v) is 2.13. The Labute approximate surface area is 83.6 Å². The first-order chi connectivity index (χ1) is 6.92. The standard InChI is InChI=1S/C12H13NO/c1-2-4-10(5-3-1)12(6-7-12)11-13-8-9-14-11/h1-5H,6-9H2. The Balaban J connectivity index is 1.97. The normalized spacial score (nSPS) is 22.7. The topological polar surface area (TPSA) is 21.6 Å². The van der Waals surface area contributed by atoms with Crippen molar-refractivity contribution in [3.8, 4) is 0 Å². The smallest absolute Gasteiger partial charge is 0.194 e. The molecule has 0 N–H and O–H groups in total. The largest absolute Gasteiger partial charge is 0.478 e. The minimum Gasteiger partial charge on any atom is -0.478 e. The molecule has 2 aliphatic rings. The molecule has 1 heterocycles. The Kier molecular flexibility index (Phi) is 1.63. The van der Waals surface area contributed by atoms with Crippen LogP contribution >= 0.6 is 0 Å². The van der Waals surface area contributed by atoms with Gasteiger partial charge in [-0.15, -0.1) is 0 Å². The van der Waals surface area contributed by atoms with Crippen LogP contribution in [0.2, 0.25) is 0 Å². The van der Waals surface area contributed by atoms with Crippen molar-refractivity contribution in [2.24, 2.45) is 4.99 Å². The summed E-state index contributed by atoms with van der Waals surface area (Å²) in [6.45, 7) is 1.60. The number of rotatable bonds is 2. The van der Waals surface area contributed by atoms with Gasteiger partial charge in [0.1, 0.15) is 6.61 Å². The van der Waals surface area contributed by atoms with Crippen molar-refractivity contribution in [3.05, 3.63) is 35.9 Å². The van der Waals surface area contributed by atoms with Gasteiger partial charge in [-0.2, -0.15) is 0 Å². The molecule has 0 amide bonds. The molecular formula is C12H13NO. The molecule has 0 atom stereocenters. The second-order valence-corrected chi connectivity index (χ2v) is 3.98. The summed E-state index contributed by atoms with van der Waals surface area (Å²) in [5, 5.41) is 0. The number of aliphatic imine (C=N–C) groups is 1. The van der Waals surface area contributed by atoms with E-state index in [1.165, 1.54) is 18.4 Å². The maximum absolute atomic E-state index is 5.58. The van der Waals surface area contributed by atoms with Gasteiger partial charge in [-0.3, -0.25) is 4.99 Å². The average molecular weight is 187 g/mol. The van der Waals surface area contributed by atoms with E-state index in [0.29, 0.717) is 0 Å². The van der Waals surface area contributed by atoms with E-state index in [4.69, 9.17) is 4.74 Å². The maximum Gasteiger partial charge on any atom is 0.194 e. The number of ether oxygens (including phenoxy) is 1. The molecule has 0 bridgehead atoms. The number of hydrogen-bond donors (Lipinski definition) is 0. The van der Waals surface area contributed by atoms with Crippen LogP contribution in [-0.2, 0) is 10.2 Å². The molecule has 2 heteroatoms. The number of benzene rings is 1. The summed E-state index contributed by atoms with van der Waals surface area (Å²) in [6, 6.07) is 10.6. The first-order valence-corrected chi connectivity index (χ1v) is 5.15. The summed E-state index contributed by atoms with van der Waals surface area (Å²) < 4.78 is 5.58. The molecule has 1 aromatic rings. The molecule has 1 saturated carbocycles. The van der Waals surface area contributed by atoms with Gasteiger partial charge in [0, 0.05) is 0 Å². The lowest BCUT2D eigenvalue weighted by molar-refractivity contribution is 0.330. The quantitative estimate of drug-likeness (QED) is 0.695. The van der Waals surface area contributed by atoms with Gasteiger partial charge in [0.2, 0.25) is 0 Å². The van der Waals surface area contributed by atoms with E-state index >= 15 is 0 Å². The van der Waals surface area contributed by atoms with E-state index in [-0.39, 0.29) is 5.41 Å². The van der Waals surface area contributed by atoms with Gasteiger partial charge in [0.15, 0.2) is 5.90 Å². The van der Waals surface area contributed by atoms with Crippen LogP contribution in [0, 0.1) is 0 Å². The first-order valence-electron chi connectivity index (χ1n) is 5.15. The molecule has 1 fully saturated rings. The van der Waals surface area contributed by atoms with Gasteiger partial charge < -0.3 is 4.74 Å². The highest BCUT2D eigenvalue weighted by Gasteiger charge is 2.51. The minimum absolute atomic E-state index is 0.151. The maximum atomic E-state index is 5.58. The van der Waals surface area contributed by atoms with Crippen LogP contribution in [0.4, 0.5) is 0 Å². The van der Waals surface area contributed by atoms with Crippen molar-refractivity contribution in [2.75, 3.05) is 13.2 Å². The van der Waals surface area contributed by atoms with E-state index in [1.807, 2.05) is 0 Å². The average Bonchev–Trinajstić information content (AvgIpc) is 2.88. The van der Waals surface area contributed by atoms with Gasteiger partial charge >= 0.3 is 0 Å². The first kappa shape index (κ1) is 8.04. The Morgan fingerprint density at radius 2 is 1.93 bits per heavy atom. The zero-order chi connectivity index (χ0) is 9.43. The van der Waals surface area contributed by atoms with Crippen LogP contribution in [0.25, 0.3) is 0 Å². The molecular weight excluding hydrogens is 174 g/mol. The van der Waals surface area contributed by atoms with Crippen LogP contribution < -0.4 is 0 Å². The predicted octanol–water partition coefficient (Wildman–Crippen LogP) is 2.15. The third-order valence-corrected chi connectivity index (χ3v) is 3.07. The van der Waals surface area contributed by atoms with Crippen molar-refractivity contribution >= 4 is 5.90 Å². The third-order valence-electron chi connectivity index (χ3n) is 3.07. The molecule has 0 spiro atoms. The van der Waals surface area contributed by atoms with Crippen molar-refractivity contribution in [3.63, 3.8) is 0 Å². The fraction of sp³-hybridized carbons (Fsp3) is 0.417. The Bertz CT molecular complexity index is 365. The van der Waals surface area contributed by atoms with Crippen LogP contribution in [0.1, 0.15) is 18.4 Å². The third kappa shape index (κ3) is 1.07. The van der Waals surface area contributed by atoms with E-state index < -0.39 is 0 Å². The molecule has 1 aliphatic heterocycles. The monoisotopic (exact) mass is 187 g/mol. The number of hydrogen-bond acceptors (Lipinski definition) is 2. The fourth-order valence-electron chi connectivity index (χ4n) is 2.13. The van der Waals surface area contributed by atoms with E-state index in [9.17, 15) is 0 Å². The highest BCUT2D eigenvalue weighted by Crippen LogP contribution is 2.50. The zero-order valence-electron chi connectivity index (χ0n) is 8.07. The summed E-state index contributed by atoms with van der Waals surface area (Å²) in [5.41, 5.74) is 1.51. The number of nitrogens with zero attached hydrogens (tertiary/aromatic N) is 1. The lowest BCUT2D eigenvalue weighted by Gasteiger charge is -2.14. The Morgan fingerprint density at radius 1 is 1.14 bits per heavy atom.